The second kappa shape index (κ2) is 7.98. The summed E-state index contributed by atoms with van der Waals surface area (Å²) in [4.78, 5) is 23.0. The van der Waals surface area contributed by atoms with Gasteiger partial charge in [0.05, 0.1) is 18.6 Å². The van der Waals surface area contributed by atoms with Gasteiger partial charge in [0.1, 0.15) is 24.7 Å². The van der Waals surface area contributed by atoms with Gasteiger partial charge in [-0.3, -0.25) is 0 Å². The lowest BCUT2D eigenvalue weighted by Gasteiger charge is -2.40. The van der Waals surface area contributed by atoms with Crippen LogP contribution in [-0.2, 0) is 19.1 Å². The van der Waals surface area contributed by atoms with Crippen molar-refractivity contribution in [3.8, 4) is 11.5 Å². The molecule has 1 aliphatic rings. The first-order chi connectivity index (χ1) is 11.8. The summed E-state index contributed by atoms with van der Waals surface area (Å²) in [7, 11) is 0. The third kappa shape index (κ3) is 5.19. The summed E-state index contributed by atoms with van der Waals surface area (Å²) in [6.45, 7) is 11.8. The number of carbonyl (C=O) groups excluding carboxylic acids is 2. The Balaban J connectivity index is 1.87. The average molecular weight is 346 g/mol. The Labute approximate surface area is 147 Å². The summed E-state index contributed by atoms with van der Waals surface area (Å²) in [6.07, 6.45) is 0. The molecule has 134 valence electrons. The maximum atomic E-state index is 11.5. The number of esters is 2. The average Bonchev–Trinajstić information content (AvgIpc) is 2.54. The van der Waals surface area contributed by atoms with E-state index in [0.717, 1.165) is 0 Å². The molecule has 1 saturated heterocycles. The standard InChI is InChI=1S/C19H22O6/c1-13(2)17(20)24-12-19(9-22-10-19)11-23-15-5-7-16(8-6-15)25-18(21)14(3)4/h5-8H,1,3,9-12H2,2,4H3. The van der Waals surface area contributed by atoms with Crippen LogP contribution in [0.15, 0.2) is 48.6 Å². The summed E-state index contributed by atoms with van der Waals surface area (Å²) in [5, 5.41) is 0. The molecule has 1 aromatic carbocycles. The molecule has 2 rings (SSSR count). The molecule has 0 radical (unpaired) electrons. The molecule has 0 amide bonds. The van der Waals surface area contributed by atoms with Gasteiger partial charge in [0, 0.05) is 11.1 Å². The predicted molar refractivity (Wildman–Crippen MR) is 91.4 cm³/mol. The van der Waals surface area contributed by atoms with E-state index in [0.29, 0.717) is 42.5 Å². The second-order valence-corrected chi connectivity index (χ2v) is 6.28. The Morgan fingerprint density at radius 2 is 1.56 bits per heavy atom. The smallest absolute Gasteiger partial charge is 0.338 e. The fourth-order valence-corrected chi connectivity index (χ4v) is 1.98. The maximum absolute atomic E-state index is 11.5. The molecule has 6 nitrogen and oxygen atoms in total. The largest absolute Gasteiger partial charge is 0.493 e. The van der Waals surface area contributed by atoms with Crippen LogP contribution in [0, 0.1) is 5.41 Å². The zero-order chi connectivity index (χ0) is 18.4. The van der Waals surface area contributed by atoms with E-state index < -0.39 is 11.9 Å². The number of hydrogen-bond donors (Lipinski definition) is 0. The Morgan fingerprint density at radius 1 is 1.00 bits per heavy atom. The van der Waals surface area contributed by atoms with Crippen LogP contribution >= 0.6 is 0 Å². The van der Waals surface area contributed by atoms with E-state index in [4.69, 9.17) is 18.9 Å². The molecule has 0 saturated carbocycles. The third-order valence-corrected chi connectivity index (χ3v) is 3.60. The van der Waals surface area contributed by atoms with Crippen LogP contribution in [0.1, 0.15) is 13.8 Å². The molecule has 0 N–H and O–H groups in total. The normalized spacial score (nSPS) is 14.8. The van der Waals surface area contributed by atoms with Crippen molar-refractivity contribution in [3.63, 3.8) is 0 Å². The summed E-state index contributed by atoms with van der Waals surface area (Å²) in [5.74, 6) is 0.138. The molecule has 0 aromatic heterocycles. The summed E-state index contributed by atoms with van der Waals surface area (Å²) >= 11 is 0. The lowest BCUT2D eigenvalue weighted by atomic mass is 9.88. The second-order valence-electron chi connectivity index (χ2n) is 6.28. The molecule has 1 aromatic rings. The van der Waals surface area contributed by atoms with Crippen molar-refractivity contribution in [3.05, 3.63) is 48.6 Å². The minimum absolute atomic E-state index is 0.215. The quantitative estimate of drug-likeness (QED) is 0.409. The van der Waals surface area contributed by atoms with Gasteiger partial charge in [0.25, 0.3) is 0 Å². The fourth-order valence-electron chi connectivity index (χ4n) is 1.98. The third-order valence-electron chi connectivity index (χ3n) is 3.60. The first kappa shape index (κ1) is 18.7. The highest BCUT2D eigenvalue weighted by Gasteiger charge is 2.41. The molecule has 25 heavy (non-hydrogen) atoms. The zero-order valence-corrected chi connectivity index (χ0v) is 14.5. The predicted octanol–water partition coefficient (Wildman–Crippen LogP) is 2.68. The van der Waals surface area contributed by atoms with Crippen LogP contribution in [0.3, 0.4) is 0 Å². The van der Waals surface area contributed by atoms with Gasteiger partial charge in [0.15, 0.2) is 0 Å². The van der Waals surface area contributed by atoms with Crippen LogP contribution in [-0.4, -0.2) is 38.4 Å². The van der Waals surface area contributed by atoms with E-state index >= 15 is 0 Å². The molecule has 0 bridgehead atoms. The Kier molecular flexibility index (Phi) is 5.98. The summed E-state index contributed by atoms with van der Waals surface area (Å²) in [6, 6.07) is 6.69. The van der Waals surface area contributed by atoms with E-state index in [-0.39, 0.29) is 12.0 Å². The van der Waals surface area contributed by atoms with Crippen molar-refractivity contribution in [2.75, 3.05) is 26.4 Å². The van der Waals surface area contributed by atoms with Gasteiger partial charge in [-0.05, 0) is 38.1 Å². The lowest BCUT2D eigenvalue weighted by molar-refractivity contribution is -0.174. The van der Waals surface area contributed by atoms with Crippen molar-refractivity contribution < 1.29 is 28.5 Å². The minimum atomic E-state index is -0.474. The van der Waals surface area contributed by atoms with E-state index in [1.165, 1.54) is 0 Å². The number of benzene rings is 1. The van der Waals surface area contributed by atoms with Crippen LogP contribution in [0.4, 0.5) is 0 Å². The van der Waals surface area contributed by atoms with E-state index in [1.54, 1.807) is 38.1 Å². The molecular weight excluding hydrogens is 324 g/mol. The molecule has 6 heteroatoms. The number of rotatable bonds is 8. The van der Waals surface area contributed by atoms with E-state index in [1.807, 2.05) is 0 Å². The van der Waals surface area contributed by atoms with Gasteiger partial charge >= 0.3 is 11.9 Å². The molecule has 1 fully saturated rings. The highest BCUT2D eigenvalue weighted by Crippen LogP contribution is 2.30. The number of hydrogen-bond acceptors (Lipinski definition) is 6. The van der Waals surface area contributed by atoms with Gasteiger partial charge < -0.3 is 18.9 Å². The summed E-state index contributed by atoms with van der Waals surface area (Å²) in [5.41, 5.74) is 0.337. The molecule has 0 aliphatic carbocycles. The molecule has 0 unspecified atom stereocenters. The van der Waals surface area contributed by atoms with E-state index in [9.17, 15) is 9.59 Å². The lowest BCUT2D eigenvalue weighted by Crippen LogP contribution is -2.51. The van der Waals surface area contributed by atoms with Crippen molar-refractivity contribution in [1.29, 1.82) is 0 Å². The molecule has 0 spiro atoms. The topological polar surface area (TPSA) is 71.1 Å². The van der Waals surface area contributed by atoms with Crippen molar-refractivity contribution in [1.82, 2.24) is 0 Å². The van der Waals surface area contributed by atoms with Gasteiger partial charge in [-0.25, -0.2) is 9.59 Å². The fraction of sp³-hybridized carbons (Fsp3) is 0.368. The monoisotopic (exact) mass is 346 g/mol. The minimum Gasteiger partial charge on any atom is -0.493 e. The van der Waals surface area contributed by atoms with Crippen molar-refractivity contribution in [2.45, 2.75) is 13.8 Å². The van der Waals surface area contributed by atoms with Gasteiger partial charge in [0.2, 0.25) is 0 Å². The molecule has 1 heterocycles. The Hall–Kier alpha value is -2.60. The highest BCUT2D eigenvalue weighted by molar-refractivity contribution is 5.88. The Bertz CT molecular complexity index is 670. The Morgan fingerprint density at radius 3 is 2.04 bits per heavy atom. The number of ether oxygens (including phenoxy) is 4. The molecule has 0 atom stereocenters. The number of carbonyl (C=O) groups is 2. The SMILES string of the molecule is C=C(C)C(=O)OCC1(COc2ccc(OC(=O)C(=C)C)cc2)COC1. The van der Waals surface area contributed by atoms with Gasteiger partial charge in [-0.2, -0.15) is 0 Å². The van der Waals surface area contributed by atoms with Crippen LogP contribution in [0.2, 0.25) is 0 Å². The van der Waals surface area contributed by atoms with Gasteiger partial charge in [-0.15, -0.1) is 0 Å². The van der Waals surface area contributed by atoms with Gasteiger partial charge in [-0.1, -0.05) is 13.2 Å². The maximum Gasteiger partial charge on any atom is 0.338 e. The van der Waals surface area contributed by atoms with E-state index in [2.05, 4.69) is 13.2 Å². The summed E-state index contributed by atoms with van der Waals surface area (Å²) < 4.78 is 21.3. The van der Waals surface area contributed by atoms with Crippen LogP contribution in [0.25, 0.3) is 0 Å². The molecule has 1 aliphatic heterocycles. The highest BCUT2D eigenvalue weighted by atomic mass is 16.6. The van der Waals surface area contributed by atoms with Crippen molar-refractivity contribution >= 4 is 11.9 Å². The van der Waals surface area contributed by atoms with Crippen LogP contribution < -0.4 is 9.47 Å². The molecular formula is C19H22O6. The zero-order valence-electron chi connectivity index (χ0n) is 14.5. The van der Waals surface area contributed by atoms with Crippen LogP contribution in [0.5, 0.6) is 11.5 Å². The first-order valence-corrected chi connectivity index (χ1v) is 7.82. The van der Waals surface area contributed by atoms with Crippen molar-refractivity contribution in [2.24, 2.45) is 5.41 Å². The first-order valence-electron chi connectivity index (χ1n) is 7.82.